The topological polar surface area (TPSA) is 70.1 Å². The predicted octanol–water partition coefficient (Wildman–Crippen LogP) is 2.09. The monoisotopic (exact) mass is 368 g/mol. The van der Waals surface area contributed by atoms with Gasteiger partial charge in [0.05, 0.1) is 12.2 Å². The molecule has 1 N–H and O–H groups in total. The second-order valence-corrected chi connectivity index (χ2v) is 6.75. The van der Waals surface area contributed by atoms with E-state index >= 15 is 0 Å². The van der Waals surface area contributed by atoms with E-state index in [1.807, 2.05) is 0 Å². The zero-order chi connectivity index (χ0) is 18.9. The van der Waals surface area contributed by atoms with Crippen LogP contribution in [0.3, 0.4) is 0 Å². The number of hydrogen-bond donors (Lipinski definition) is 1. The molecule has 2 saturated heterocycles. The molecule has 0 aliphatic carbocycles. The predicted molar refractivity (Wildman–Crippen MR) is 88.6 cm³/mol. The van der Waals surface area contributed by atoms with E-state index in [4.69, 9.17) is 4.74 Å². The van der Waals surface area contributed by atoms with Crippen molar-refractivity contribution in [3.63, 3.8) is 0 Å². The summed E-state index contributed by atoms with van der Waals surface area (Å²) in [5, 5.41) is 9.50. The highest BCUT2D eigenvalue weighted by atomic mass is 19.1. The van der Waals surface area contributed by atoms with E-state index < -0.39 is 40.8 Å². The Balaban J connectivity index is 1.92. The molecule has 2 heterocycles. The normalized spacial score (nSPS) is 22.7. The molecule has 2 aliphatic rings. The van der Waals surface area contributed by atoms with Crippen LogP contribution in [0.4, 0.5) is 8.78 Å². The van der Waals surface area contributed by atoms with Crippen molar-refractivity contribution in [3.8, 4) is 0 Å². The fraction of sp³-hybridized carbons (Fsp3) is 0.556. The minimum absolute atomic E-state index is 0.161. The molecule has 0 unspecified atom stereocenters. The fourth-order valence-electron chi connectivity index (χ4n) is 3.79. The van der Waals surface area contributed by atoms with Gasteiger partial charge in [0, 0.05) is 25.9 Å². The van der Waals surface area contributed by atoms with Gasteiger partial charge >= 0.3 is 5.97 Å². The van der Waals surface area contributed by atoms with Gasteiger partial charge in [0.2, 0.25) is 0 Å². The second kappa shape index (κ2) is 7.28. The van der Waals surface area contributed by atoms with E-state index in [0.29, 0.717) is 25.9 Å². The van der Waals surface area contributed by atoms with Crippen LogP contribution in [-0.4, -0.2) is 64.8 Å². The van der Waals surface area contributed by atoms with Crippen LogP contribution < -0.4 is 0 Å². The molecule has 1 atom stereocenters. The summed E-state index contributed by atoms with van der Waals surface area (Å²) in [7, 11) is 0. The molecule has 2 fully saturated rings. The lowest BCUT2D eigenvalue weighted by atomic mass is 9.96. The smallest absolute Gasteiger partial charge is 0.328 e. The number of carbonyl (C=O) groups is 2. The van der Waals surface area contributed by atoms with Gasteiger partial charge in [-0.3, -0.25) is 9.69 Å². The van der Waals surface area contributed by atoms with Crippen LogP contribution in [0.25, 0.3) is 0 Å². The van der Waals surface area contributed by atoms with Gasteiger partial charge in [0.25, 0.3) is 5.91 Å². The highest BCUT2D eigenvalue weighted by molar-refractivity contribution is 5.97. The number of amides is 1. The molecule has 1 aromatic carbocycles. The average Bonchev–Trinajstić information content (AvgIpc) is 2.98. The fourth-order valence-corrected chi connectivity index (χ4v) is 3.79. The molecule has 1 amide bonds. The summed E-state index contributed by atoms with van der Waals surface area (Å²) >= 11 is 0. The van der Waals surface area contributed by atoms with Gasteiger partial charge in [-0.1, -0.05) is 6.92 Å². The Bertz CT molecular complexity index is 704. The highest BCUT2D eigenvalue weighted by Gasteiger charge is 2.54. The molecule has 2 aliphatic heterocycles. The quantitative estimate of drug-likeness (QED) is 0.881. The molecule has 142 valence electrons. The Morgan fingerprint density at radius 2 is 2.00 bits per heavy atom. The van der Waals surface area contributed by atoms with Crippen LogP contribution in [0.2, 0.25) is 0 Å². The van der Waals surface area contributed by atoms with Crippen LogP contribution in [0, 0.1) is 11.6 Å². The molecule has 0 bridgehead atoms. The third kappa shape index (κ3) is 3.31. The first-order chi connectivity index (χ1) is 12.4. The van der Waals surface area contributed by atoms with E-state index in [1.54, 1.807) is 0 Å². The molecule has 0 aromatic heterocycles. The number of rotatable bonds is 4. The lowest BCUT2D eigenvalue weighted by Crippen LogP contribution is -2.58. The number of carboxylic acid groups (broad SMARTS) is 1. The van der Waals surface area contributed by atoms with Gasteiger partial charge in [-0.2, -0.15) is 0 Å². The molecular weight excluding hydrogens is 346 g/mol. The summed E-state index contributed by atoms with van der Waals surface area (Å²) in [6.45, 7) is 4.11. The van der Waals surface area contributed by atoms with Crippen LogP contribution in [0.1, 0.15) is 36.5 Å². The van der Waals surface area contributed by atoms with Gasteiger partial charge < -0.3 is 14.7 Å². The number of halogens is 2. The first-order valence-corrected chi connectivity index (χ1v) is 8.76. The zero-order valence-corrected chi connectivity index (χ0v) is 14.6. The lowest BCUT2D eigenvalue weighted by molar-refractivity contribution is -0.143. The standard InChI is InChI=1S/C18H22F2N2O4/c1-2-7-21-8-5-18(6-9-21)22(15(11-26-18)17(24)25)16(23)13-10-12(19)3-4-14(13)20/h3-4,10,15H,2,5-9,11H2,1H3,(H,24,25)/t15-/m1/s1. The summed E-state index contributed by atoms with van der Waals surface area (Å²) in [5.74, 6) is -3.71. The first kappa shape index (κ1) is 18.7. The van der Waals surface area contributed by atoms with E-state index in [1.165, 1.54) is 0 Å². The van der Waals surface area contributed by atoms with Crippen LogP contribution >= 0.6 is 0 Å². The third-order valence-electron chi connectivity index (χ3n) is 5.10. The average molecular weight is 368 g/mol. The Labute approximate surface area is 150 Å². The maximum Gasteiger partial charge on any atom is 0.328 e. The number of aliphatic carboxylic acids is 1. The zero-order valence-electron chi connectivity index (χ0n) is 14.6. The van der Waals surface area contributed by atoms with E-state index in [9.17, 15) is 23.5 Å². The number of carbonyl (C=O) groups excluding carboxylic acids is 1. The maximum atomic E-state index is 14.1. The van der Waals surface area contributed by atoms with Crippen molar-refractivity contribution in [1.29, 1.82) is 0 Å². The lowest BCUT2D eigenvalue weighted by Gasteiger charge is -2.44. The molecule has 6 nitrogen and oxygen atoms in total. The molecule has 1 aromatic rings. The number of piperidine rings is 1. The summed E-state index contributed by atoms with van der Waals surface area (Å²) in [6, 6.07) is 1.36. The van der Waals surface area contributed by atoms with Crippen molar-refractivity contribution >= 4 is 11.9 Å². The molecular formula is C18H22F2N2O4. The minimum Gasteiger partial charge on any atom is -0.480 e. The molecule has 3 rings (SSSR count). The van der Waals surface area contributed by atoms with E-state index in [2.05, 4.69) is 11.8 Å². The Hall–Kier alpha value is -2.06. The maximum absolute atomic E-state index is 14.1. The van der Waals surface area contributed by atoms with Crippen LogP contribution in [0.15, 0.2) is 18.2 Å². The minimum atomic E-state index is -1.22. The SMILES string of the molecule is CCCN1CCC2(CC1)OC[C@H](C(=O)O)N2C(=O)c1cc(F)ccc1F. The number of benzene rings is 1. The molecule has 8 heteroatoms. The van der Waals surface area contributed by atoms with Gasteiger partial charge in [0.1, 0.15) is 17.4 Å². The summed E-state index contributed by atoms with van der Waals surface area (Å²) in [5.41, 5.74) is -1.57. The van der Waals surface area contributed by atoms with Gasteiger partial charge in [-0.05, 0) is 31.2 Å². The second-order valence-electron chi connectivity index (χ2n) is 6.75. The molecule has 0 saturated carbocycles. The number of nitrogens with zero attached hydrogens (tertiary/aromatic N) is 2. The molecule has 26 heavy (non-hydrogen) atoms. The van der Waals surface area contributed by atoms with Crippen LogP contribution in [-0.2, 0) is 9.53 Å². The van der Waals surface area contributed by atoms with Gasteiger partial charge in [-0.25, -0.2) is 13.6 Å². The summed E-state index contributed by atoms with van der Waals surface area (Å²) in [4.78, 5) is 27.9. The van der Waals surface area contributed by atoms with Crippen molar-refractivity contribution in [3.05, 3.63) is 35.4 Å². The van der Waals surface area contributed by atoms with Gasteiger partial charge in [0.15, 0.2) is 6.04 Å². The third-order valence-corrected chi connectivity index (χ3v) is 5.10. The van der Waals surface area contributed by atoms with Crippen molar-refractivity contribution in [1.82, 2.24) is 9.80 Å². The Morgan fingerprint density at radius 3 is 2.62 bits per heavy atom. The first-order valence-electron chi connectivity index (χ1n) is 8.76. The van der Waals surface area contributed by atoms with Gasteiger partial charge in [-0.15, -0.1) is 0 Å². The van der Waals surface area contributed by atoms with E-state index in [0.717, 1.165) is 36.1 Å². The highest BCUT2D eigenvalue weighted by Crippen LogP contribution is 2.38. The van der Waals surface area contributed by atoms with Crippen molar-refractivity contribution in [2.24, 2.45) is 0 Å². The number of carboxylic acids is 1. The number of likely N-dealkylation sites (tertiary alicyclic amines) is 1. The largest absolute Gasteiger partial charge is 0.480 e. The number of ether oxygens (including phenoxy) is 1. The number of hydrogen-bond acceptors (Lipinski definition) is 4. The summed E-state index contributed by atoms with van der Waals surface area (Å²) in [6.07, 6.45) is 1.85. The van der Waals surface area contributed by atoms with Crippen molar-refractivity contribution in [2.45, 2.75) is 38.0 Å². The van der Waals surface area contributed by atoms with E-state index in [-0.39, 0.29) is 6.61 Å². The Kier molecular flexibility index (Phi) is 5.24. The molecule has 1 spiro atoms. The Morgan fingerprint density at radius 1 is 1.31 bits per heavy atom. The van der Waals surface area contributed by atoms with Crippen molar-refractivity contribution < 1.29 is 28.2 Å². The molecule has 0 radical (unpaired) electrons. The van der Waals surface area contributed by atoms with Crippen LogP contribution in [0.5, 0.6) is 0 Å². The summed E-state index contributed by atoms with van der Waals surface area (Å²) < 4.78 is 33.4. The van der Waals surface area contributed by atoms with Crippen molar-refractivity contribution in [2.75, 3.05) is 26.2 Å².